The van der Waals surface area contributed by atoms with Gasteiger partial charge in [-0.25, -0.2) is 4.98 Å². The van der Waals surface area contributed by atoms with Crippen molar-refractivity contribution in [2.75, 3.05) is 6.61 Å². The first kappa shape index (κ1) is 22.3. The van der Waals surface area contributed by atoms with Gasteiger partial charge in [-0.15, -0.1) is 11.8 Å². The molecule has 166 valence electrons. The molecule has 0 amide bonds. The number of oxazole rings is 1. The van der Waals surface area contributed by atoms with Crippen LogP contribution in [-0.4, -0.2) is 11.6 Å². The van der Waals surface area contributed by atoms with E-state index in [1.165, 1.54) is 17.7 Å². The monoisotopic (exact) mass is 457 g/mol. The van der Waals surface area contributed by atoms with Gasteiger partial charge in [0, 0.05) is 16.2 Å². The lowest BCUT2D eigenvalue weighted by atomic mass is 10.1. The van der Waals surface area contributed by atoms with Crippen LogP contribution in [0.1, 0.15) is 30.5 Å². The molecule has 0 saturated heterocycles. The number of hydrogen-bond acceptors (Lipinski definition) is 4. The molecule has 0 saturated carbocycles. The van der Waals surface area contributed by atoms with Crippen molar-refractivity contribution in [2.24, 2.45) is 0 Å². The van der Waals surface area contributed by atoms with Gasteiger partial charge in [-0.2, -0.15) is 13.2 Å². The van der Waals surface area contributed by atoms with Crippen molar-refractivity contribution in [3.63, 3.8) is 0 Å². The average molecular weight is 458 g/mol. The van der Waals surface area contributed by atoms with E-state index in [1.54, 1.807) is 11.8 Å². The number of aromatic nitrogens is 1. The molecule has 3 nitrogen and oxygen atoms in total. The molecule has 4 aromatic rings. The van der Waals surface area contributed by atoms with Crippen molar-refractivity contribution in [3.8, 4) is 17.2 Å². The summed E-state index contributed by atoms with van der Waals surface area (Å²) in [7, 11) is 0. The number of rotatable bonds is 7. The van der Waals surface area contributed by atoms with Gasteiger partial charge in [-0.3, -0.25) is 0 Å². The molecule has 7 heteroatoms. The smallest absolute Gasteiger partial charge is 0.416 e. The van der Waals surface area contributed by atoms with Gasteiger partial charge in [0.05, 0.1) is 12.2 Å². The van der Waals surface area contributed by atoms with Crippen molar-refractivity contribution in [1.82, 2.24) is 4.98 Å². The van der Waals surface area contributed by atoms with Crippen LogP contribution < -0.4 is 4.74 Å². The standard InChI is InChI=1S/C25H22F3NO2S/c1-3-16-14-20(12-13-21(16)30-4-2)32-15-18-6-5-7-22-23(18)29-24(31-22)17-8-10-19(11-9-17)25(26,27)28/h5-14H,3-4,15H2,1-2H3. The number of nitrogens with zero attached hydrogens (tertiary/aromatic N) is 1. The van der Waals surface area contributed by atoms with Crippen molar-refractivity contribution < 1.29 is 22.3 Å². The van der Waals surface area contributed by atoms with Gasteiger partial charge >= 0.3 is 6.18 Å². The van der Waals surface area contributed by atoms with Gasteiger partial charge in [0.25, 0.3) is 0 Å². The predicted molar refractivity (Wildman–Crippen MR) is 121 cm³/mol. The van der Waals surface area contributed by atoms with E-state index < -0.39 is 11.7 Å². The Morgan fingerprint density at radius 3 is 2.44 bits per heavy atom. The van der Waals surface area contributed by atoms with E-state index in [-0.39, 0.29) is 0 Å². The fourth-order valence-corrected chi connectivity index (χ4v) is 4.37. The minimum Gasteiger partial charge on any atom is -0.494 e. The maximum atomic E-state index is 12.8. The van der Waals surface area contributed by atoms with Crippen molar-refractivity contribution >= 4 is 22.9 Å². The molecule has 0 bridgehead atoms. The van der Waals surface area contributed by atoms with Gasteiger partial charge in [-0.05, 0) is 73.0 Å². The van der Waals surface area contributed by atoms with E-state index in [1.807, 2.05) is 37.3 Å². The van der Waals surface area contributed by atoms with Crippen LogP contribution in [0.5, 0.6) is 5.75 Å². The summed E-state index contributed by atoms with van der Waals surface area (Å²) in [6.07, 6.45) is -3.48. The summed E-state index contributed by atoms with van der Waals surface area (Å²) in [4.78, 5) is 5.71. The van der Waals surface area contributed by atoms with E-state index >= 15 is 0 Å². The molecule has 0 atom stereocenters. The maximum absolute atomic E-state index is 12.8. The molecule has 3 aromatic carbocycles. The van der Waals surface area contributed by atoms with Crippen LogP contribution in [0.15, 0.2) is 70.0 Å². The third-order valence-corrected chi connectivity index (χ3v) is 6.11. The molecule has 0 radical (unpaired) electrons. The zero-order valence-corrected chi connectivity index (χ0v) is 18.5. The minimum absolute atomic E-state index is 0.306. The molecule has 0 N–H and O–H groups in total. The Morgan fingerprint density at radius 2 is 1.75 bits per heavy atom. The number of halogens is 3. The van der Waals surface area contributed by atoms with Gasteiger partial charge in [0.1, 0.15) is 11.3 Å². The molecule has 4 rings (SSSR count). The highest BCUT2D eigenvalue weighted by molar-refractivity contribution is 7.98. The summed E-state index contributed by atoms with van der Waals surface area (Å²) in [6.45, 7) is 4.71. The molecule has 0 aliphatic carbocycles. The zero-order chi connectivity index (χ0) is 22.7. The second-order valence-electron chi connectivity index (χ2n) is 7.20. The first-order chi connectivity index (χ1) is 15.4. The number of alkyl halides is 3. The fraction of sp³-hybridized carbons (Fsp3) is 0.240. The lowest BCUT2D eigenvalue weighted by molar-refractivity contribution is -0.137. The second-order valence-corrected chi connectivity index (χ2v) is 8.25. The van der Waals surface area contributed by atoms with Gasteiger partial charge < -0.3 is 9.15 Å². The summed E-state index contributed by atoms with van der Waals surface area (Å²) in [5.74, 6) is 1.91. The quantitative estimate of drug-likeness (QED) is 0.266. The first-order valence-corrected chi connectivity index (χ1v) is 11.3. The summed E-state index contributed by atoms with van der Waals surface area (Å²) >= 11 is 1.69. The van der Waals surface area contributed by atoms with Crippen LogP contribution in [-0.2, 0) is 18.3 Å². The Balaban J connectivity index is 1.56. The van der Waals surface area contributed by atoms with Crippen LogP contribution in [0, 0.1) is 0 Å². The van der Waals surface area contributed by atoms with Gasteiger partial charge in [-0.1, -0.05) is 19.1 Å². The van der Waals surface area contributed by atoms with Gasteiger partial charge in [0.15, 0.2) is 5.58 Å². The number of aryl methyl sites for hydroxylation is 1. The van der Waals surface area contributed by atoms with Crippen LogP contribution in [0.25, 0.3) is 22.6 Å². The molecule has 0 fully saturated rings. The Morgan fingerprint density at radius 1 is 0.969 bits per heavy atom. The maximum Gasteiger partial charge on any atom is 0.416 e. The van der Waals surface area contributed by atoms with Crippen LogP contribution in [0.4, 0.5) is 13.2 Å². The average Bonchev–Trinajstić information content (AvgIpc) is 3.23. The lowest BCUT2D eigenvalue weighted by Gasteiger charge is -2.10. The third-order valence-electron chi connectivity index (χ3n) is 5.07. The SMILES string of the molecule is CCOc1ccc(SCc2cccc3oc(-c4ccc(C(F)(F)F)cc4)nc23)cc1CC. The van der Waals surface area contributed by atoms with Crippen molar-refractivity contribution in [1.29, 1.82) is 0 Å². The highest BCUT2D eigenvalue weighted by Crippen LogP contribution is 2.34. The Bertz CT molecular complexity index is 1220. The number of hydrogen-bond donors (Lipinski definition) is 0. The number of thioether (sulfide) groups is 1. The zero-order valence-electron chi connectivity index (χ0n) is 17.7. The Hall–Kier alpha value is -2.93. The predicted octanol–water partition coefficient (Wildman–Crippen LogP) is 7.77. The normalized spacial score (nSPS) is 11.8. The summed E-state index contributed by atoms with van der Waals surface area (Å²) in [5.41, 5.74) is 3.31. The van der Waals surface area contributed by atoms with Gasteiger partial charge in [0.2, 0.25) is 5.89 Å². The molecule has 0 unspecified atom stereocenters. The Labute approximate surface area is 188 Å². The van der Waals surface area contributed by atoms with E-state index in [4.69, 9.17) is 9.15 Å². The highest BCUT2D eigenvalue weighted by atomic mass is 32.2. The van der Waals surface area contributed by atoms with E-state index in [2.05, 4.69) is 18.0 Å². The van der Waals surface area contributed by atoms with Crippen molar-refractivity contribution in [2.45, 2.75) is 37.1 Å². The number of fused-ring (bicyclic) bond motifs is 1. The number of benzene rings is 3. The molecule has 0 aliphatic heterocycles. The highest BCUT2D eigenvalue weighted by Gasteiger charge is 2.30. The molecule has 0 aliphatic rings. The second kappa shape index (κ2) is 9.28. The summed E-state index contributed by atoms with van der Waals surface area (Å²) in [6, 6.07) is 16.7. The van der Waals surface area contributed by atoms with Crippen LogP contribution in [0.3, 0.4) is 0 Å². The molecule has 0 spiro atoms. The Kier molecular flexibility index (Phi) is 6.46. The lowest BCUT2D eigenvalue weighted by Crippen LogP contribution is -2.03. The largest absolute Gasteiger partial charge is 0.494 e. The number of para-hydroxylation sites is 1. The van der Waals surface area contributed by atoms with Crippen LogP contribution in [0.2, 0.25) is 0 Å². The molecular formula is C25H22F3NO2S. The van der Waals surface area contributed by atoms with Crippen molar-refractivity contribution in [3.05, 3.63) is 77.4 Å². The van der Waals surface area contributed by atoms with E-state index in [0.717, 1.165) is 40.3 Å². The molecule has 1 heterocycles. The molecular weight excluding hydrogens is 435 g/mol. The summed E-state index contributed by atoms with van der Waals surface area (Å²) in [5, 5.41) is 0. The first-order valence-electron chi connectivity index (χ1n) is 10.3. The fourth-order valence-electron chi connectivity index (χ4n) is 3.43. The molecule has 32 heavy (non-hydrogen) atoms. The van der Waals surface area contributed by atoms with Crippen LogP contribution >= 0.6 is 11.8 Å². The van der Waals surface area contributed by atoms with E-state index in [9.17, 15) is 13.2 Å². The number of ether oxygens (including phenoxy) is 1. The third kappa shape index (κ3) is 4.78. The van der Waals surface area contributed by atoms with E-state index in [0.29, 0.717) is 29.4 Å². The minimum atomic E-state index is -4.37. The molecule has 1 aromatic heterocycles. The summed E-state index contributed by atoms with van der Waals surface area (Å²) < 4.78 is 50.0. The topological polar surface area (TPSA) is 35.3 Å².